The number of anilines is 1. The van der Waals surface area contributed by atoms with Crippen LogP contribution in [0.3, 0.4) is 0 Å². The van der Waals surface area contributed by atoms with Gasteiger partial charge in [-0.15, -0.1) is 0 Å². The zero-order valence-corrected chi connectivity index (χ0v) is 12.1. The molecule has 0 saturated carbocycles. The van der Waals surface area contributed by atoms with Crippen molar-refractivity contribution >= 4 is 21.6 Å². The van der Waals surface area contributed by atoms with Gasteiger partial charge in [-0.25, -0.2) is 23.2 Å². The molecule has 0 unspecified atom stereocenters. The molecular formula is C11H17N3O4S. The Labute approximate surface area is 112 Å². The molecule has 106 valence electrons. The minimum absolute atomic E-state index is 0.0930. The molecule has 0 aliphatic rings. The highest BCUT2D eigenvalue weighted by atomic mass is 32.2. The number of nitrogens with one attached hydrogen (secondary N) is 1. The van der Waals surface area contributed by atoms with E-state index in [2.05, 4.69) is 20.0 Å². The van der Waals surface area contributed by atoms with E-state index in [0.29, 0.717) is 5.82 Å². The number of ether oxygens (including phenoxy) is 1. The Morgan fingerprint density at radius 3 is 2.42 bits per heavy atom. The Morgan fingerprint density at radius 1 is 1.37 bits per heavy atom. The second-order valence-corrected chi connectivity index (χ2v) is 7.31. The number of methoxy groups -OCH3 is 1. The number of nitrogens with zero attached hydrogens (tertiary/aromatic N) is 2. The predicted octanol–water partition coefficient (Wildman–Crippen LogP) is 0.498. The van der Waals surface area contributed by atoms with Crippen molar-refractivity contribution in [3.8, 4) is 0 Å². The number of sulfone groups is 1. The predicted molar refractivity (Wildman–Crippen MR) is 70.8 cm³/mol. The first-order valence-electron chi connectivity index (χ1n) is 5.51. The van der Waals surface area contributed by atoms with E-state index in [1.165, 1.54) is 25.8 Å². The molecule has 1 N–H and O–H groups in total. The van der Waals surface area contributed by atoms with Crippen molar-refractivity contribution < 1.29 is 17.9 Å². The topological polar surface area (TPSA) is 98.2 Å². The second-order valence-electron chi connectivity index (χ2n) is 4.66. The molecular weight excluding hydrogens is 270 g/mol. The Balaban J connectivity index is 2.72. The maximum Gasteiger partial charge on any atom is 0.358 e. The number of hydrogen-bond acceptors (Lipinski definition) is 7. The summed E-state index contributed by atoms with van der Waals surface area (Å²) in [6.07, 6.45) is 3.80. The van der Waals surface area contributed by atoms with Crippen molar-refractivity contribution in [2.45, 2.75) is 18.6 Å². The first kappa shape index (κ1) is 15.4. The van der Waals surface area contributed by atoms with E-state index in [1.807, 2.05) is 0 Å². The number of aromatic nitrogens is 2. The first-order chi connectivity index (χ1) is 8.67. The van der Waals surface area contributed by atoms with Gasteiger partial charge in [0.1, 0.15) is 5.82 Å². The lowest BCUT2D eigenvalue weighted by Gasteiger charge is -2.22. The van der Waals surface area contributed by atoms with E-state index < -0.39 is 20.6 Å². The van der Waals surface area contributed by atoms with Gasteiger partial charge in [0.05, 0.1) is 24.3 Å². The lowest BCUT2D eigenvalue weighted by atomic mass is 10.2. The molecule has 0 amide bonds. The fourth-order valence-corrected chi connectivity index (χ4v) is 1.40. The highest BCUT2D eigenvalue weighted by molar-refractivity contribution is 7.92. The molecule has 0 atom stereocenters. The van der Waals surface area contributed by atoms with Gasteiger partial charge in [0, 0.05) is 12.8 Å². The maximum atomic E-state index is 11.5. The molecule has 0 radical (unpaired) electrons. The smallest absolute Gasteiger partial charge is 0.358 e. The molecule has 1 aromatic heterocycles. The fourth-order valence-electron chi connectivity index (χ4n) is 1.06. The monoisotopic (exact) mass is 287 g/mol. The molecule has 19 heavy (non-hydrogen) atoms. The molecule has 1 rings (SSSR count). The molecule has 0 fully saturated rings. The van der Waals surface area contributed by atoms with Crippen molar-refractivity contribution in [3.63, 3.8) is 0 Å². The zero-order chi connectivity index (χ0) is 14.7. The summed E-state index contributed by atoms with van der Waals surface area (Å²) in [5, 5.41) is 2.87. The molecule has 1 aromatic rings. The van der Waals surface area contributed by atoms with Gasteiger partial charge < -0.3 is 10.1 Å². The average molecular weight is 287 g/mol. The molecule has 0 aromatic carbocycles. The minimum Gasteiger partial charge on any atom is -0.464 e. The normalized spacial score (nSPS) is 12.0. The van der Waals surface area contributed by atoms with Crippen LogP contribution in [0, 0.1) is 0 Å². The van der Waals surface area contributed by atoms with Crippen molar-refractivity contribution in [1.82, 2.24) is 9.97 Å². The number of rotatable bonds is 5. The van der Waals surface area contributed by atoms with Gasteiger partial charge in [0.2, 0.25) is 0 Å². The molecule has 1 heterocycles. The Morgan fingerprint density at radius 2 is 2.00 bits per heavy atom. The van der Waals surface area contributed by atoms with Crippen LogP contribution in [-0.2, 0) is 14.6 Å². The maximum absolute atomic E-state index is 11.5. The van der Waals surface area contributed by atoms with Crippen LogP contribution in [0.5, 0.6) is 0 Å². The average Bonchev–Trinajstić information content (AvgIpc) is 2.35. The molecule has 8 heteroatoms. The second kappa shape index (κ2) is 5.52. The standard InChI is InChI=1S/C11H17N3O4S/c1-11(2,19(4,16)17)7-14-9-6-12-8(5-13-9)10(15)18-3/h5-6H,7H2,1-4H3,(H,13,14). The van der Waals surface area contributed by atoms with Crippen LogP contribution in [0.2, 0.25) is 0 Å². The Kier molecular flexibility index (Phi) is 4.46. The molecule has 7 nitrogen and oxygen atoms in total. The van der Waals surface area contributed by atoms with E-state index in [4.69, 9.17) is 0 Å². The van der Waals surface area contributed by atoms with Crippen molar-refractivity contribution in [2.75, 3.05) is 25.2 Å². The molecule has 0 aliphatic carbocycles. The summed E-state index contributed by atoms with van der Waals surface area (Å²) in [5.41, 5.74) is 0.0930. The van der Waals surface area contributed by atoms with Gasteiger partial charge in [-0.1, -0.05) is 0 Å². The lowest BCUT2D eigenvalue weighted by Crippen LogP contribution is -2.38. The third kappa shape index (κ3) is 3.88. The number of carbonyl (C=O) groups is 1. The number of esters is 1. The zero-order valence-electron chi connectivity index (χ0n) is 11.3. The number of hydrogen-bond donors (Lipinski definition) is 1. The fraction of sp³-hybridized carbons (Fsp3) is 0.545. The molecule has 0 bridgehead atoms. The number of carbonyl (C=O) groups excluding carboxylic acids is 1. The van der Waals surface area contributed by atoms with E-state index in [-0.39, 0.29) is 12.2 Å². The van der Waals surface area contributed by atoms with Gasteiger partial charge in [-0.3, -0.25) is 0 Å². The third-order valence-corrected chi connectivity index (χ3v) is 4.90. The van der Waals surface area contributed by atoms with E-state index in [1.54, 1.807) is 13.8 Å². The van der Waals surface area contributed by atoms with Crippen LogP contribution >= 0.6 is 0 Å². The van der Waals surface area contributed by atoms with Crippen molar-refractivity contribution in [3.05, 3.63) is 18.1 Å². The van der Waals surface area contributed by atoms with E-state index in [0.717, 1.165) is 0 Å². The highest BCUT2D eigenvalue weighted by Gasteiger charge is 2.29. The van der Waals surface area contributed by atoms with Gasteiger partial charge >= 0.3 is 5.97 Å². The van der Waals surface area contributed by atoms with Crippen LogP contribution in [0.1, 0.15) is 24.3 Å². The molecule has 0 aliphatic heterocycles. The van der Waals surface area contributed by atoms with Gasteiger partial charge in [0.15, 0.2) is 15.5 Å². The van der Waals surface area contributed by atoms with Crippen LogP contribution in [-0.4, -0.2) is 49.0 Å². The Bertz CT molecular complexity index is 552. The van der Waals surface area contributed by atoms with Crippen molar-refractivity contribution in [1.29, 1.82) is 0 Å². The first-order valence-corrected chi connectivity index (χ1v) is 7.40. The molecule has 0 spiro atoms. The summed E-state index contributed by atoms with van der Waals surface area (Å²) >= 11 is 0. The summed E-state index contributed by atoms with van der Waals surface area (Å²) in [6, 6.07) is 0. The van der Waals surface area contributed by atoms with Crippen molar-refractivity contribution in [2.24, 2.45) is 0 Å². The van der Waals surface area contributed by atoms with Crippen LogP contribution in [0.4, 0.5) is 5.82 Å². The summed E-state index contributed by atoms with van der Waals surface area (Å²) in [5.74, 6) is -0.181. The summed E-state index contributed by atoms with van der Waals surface area (Å²) in [4.78, 5) is 19.0. The van der Waals surface area contributed by atoms with Gasteiger partial charge in [0.25, 0.3) is 0 Å². The van der Waals surface area contributed by atoms with Gasteiger partial charge in [-0.05, 0) is 13.8 Å². The summed E-state index contributed by atoms with van der Waals surface area (Å²) in [6.45, 7) is 3.43. The van der Waals surface area contributed by atoms with E-state index in [9.17, 15) is 13.2 Å². The minimum atomic E-state index is -3.18. The SMILES string of the molecule is COC(=O)c1cnc(NCC(C)(C)S(C)(=O)=O)cn1. The highest BCUT2D eigenvalue weighted by Crippen LogP contribution is 2.15. The Hall–Kier alpha value is -1.70. The largest absolute Gasteiger partial charge is 0.464 e. The lowest BCUT2D eigenvalue weighted by molar-refractivity contribution is 0.0593. The van der Waals surface area contributed by atoms with Gasteiger partial charge in [-0.2, -0.15) is 0 Å². The van der Waals surface area contributed by atoms with Crippen LogP contribution in [0.25, 0.3) is 0 Å². The van der Waals surface area contributed by atoms with Crippen LogP contribution in [0.15, 0.2) is 12.4 Å². The summed E-state index contributed by atoms with van der Waals surface area (Å²) < 4.78 is 26.6. The van der Waals surface area contributed by atoms with Crippen LogP contribution < -0.4 is 5.32 Å². The third-order valence-electron chi connectivity index (χ3n) is 2.75. The van der Waals surface area contributed by atoms with E-state index >= 15 is 0 Å². The molecule has 0 saturated heterocycles. The summed E-state index contributed by atoms with van der Waals surface area (Å²) in [7, 11) is -1.93. The quantitative estimate of drug-likeness (QED) is 0.787.